The number of ether oxygens (including phenoxy) is 2. The Morgan fingerprint density at radius 1 is 1.03 bits per heavy atom. The highest BCUT2D eigenvalue weighted by Crippen LogP contribution is 2.25. The molecule has 0 spiro atoms. The van der Waals surface area contributed by atoms with Gasteiger partial charge in [-0.25, -0.2) is 0 Å². The molecule has 1 N–H and O–H groups in total. The Bertz CT molecular complexity index is 726. The summed E-state index contributed by atoms with van der Waals surface area (Å²) in [4.78, 5) is 14.6. The fourth-order valence-corrected chi connectivity index (χ4v) is 4.82. The minimum atomic E-state index is 0.603. The van der Waals surface area contributed by atoms with Crippen LogP contribution >= 0.6 is 0 Å². The van der Waals surface area contributed by atoms with Gasteiger partial charge in [0.2, 0.25) is 0 Å². The zero-order chi connectivity index (χ0) is 20.9. The lowest BCUT2D eigenvalue weighted by atomic mass is 10.1. The molecule has 0 radical (unpaired) electrons. The fraction of sp³-hybridized carbons (Fsp3) is 0.682. The number of aliphatic imine (C=N–C) groups is 1. The first-order valence-electron chi connectivity index (χ1n) is 11.1. The molecule has 30 heavy (non-hydrogen) atoms. The van der Waals surface area contributed by atoms with E-state index in [-0.39, 0.29) is 0 Å². The van der Waals surface area contributed by atoms with Crippen molar-refractivity contribution in [1.82, 2.24) is 24.9 Å². The van der Waals surface area contributed by atoms with Gasteiger partial charge in [0.15, 0.2) is 5.96 Å². The fourth-order valence-electron chi connectivity index (χ4n) is 4.82. The van der Waals surface area contributed by atoms with Crippen LogP contribution in [-0.4, -0.2) is 118 Å². The van der Waals surface area contributed by atoms with Crippen LogP contribution in [0.1, 0.15) is 5.56 Å². The van der Waals surface area contributed by atoms with Gasteiger partial charge in [-0.2, -0.15) is 0 Å². The molecule has 5 rings (SSSR count). The highest BCUT2D eigenvalue weighted by Gasteiger charge is 2.32. The number of nitrogens with one attached hydrogen (secondary N) is 1. The molecule has 0 aromatic heterocycles. The van der Waals surface area contributed by atoms with Gasteiger partial charge < -0.3 is 19.7 Å². The largest absolute Gasteiger partial charge is 0.497 e. The lowest BCUT2D eigenvalue weighted by Crippen LogP contribution is -2.64. The van der Waals surface area contributed by atoms with Gasteiger partial charge >= 0.3 is 0 Å². The average Bonchev–Trinajstić information content (AvgIpc) is 2.81. The van der Waals surface area contributed by atoms with Crippen molar-refractivity contribution in [2.45, 2.75) is 12.6 Å². The number of hydrogen-bond acceptors (Lipinski definition) is 6. The molecular weight excluding hydrogens is 380 g/mol. The number of benzene rings is 1. The van der Waals surface area contributed by atoms with E-state index in [4.69, 9.17) is 9.47 Å². The number of rotatable bonds is 6. The SMILES string of the molecule is CN=C(NCC1CN2CCN1CC2)N1CCN(Cc2cc(OC)ccc2OC)CC1. The smallest absolute Gasteiger partial charge is 0.193 e. The summed E-state index contributed by atoms with van der Waals surface area (Å²) in [5, 5.41) is 3.64. The molecule has 1 atom stereocenters. The maximum atomic E-state index is 5.54. The van der Waals surface area contributed by atoms with Crippen molar-refractivity contribution in [2.75, 3.05) is 86.7 Å². The molecule has 4 fully saturated rings. The van der Waals surface area contributed by atoms with Crippen molar-refractivity contribution in [2.24, 2.45) is 4.99 Å². The Labute approximate surface area is 180 Å². The second-order valence-corrected chi connectivity index (χ2v) is 8.36. The van der Waals surface area contributed by atoms with Crippen molar-refractivity contribution in [3.63, 3.8) is 0 Å². The normalized spacial score (nSPS) is 27.2. The Morgan fingerprint density at radius 3 is 2.40 bits per heavy atom. The lowest BCUT2D eigenvalue weighted by Gasteiger charge is -2.47. The maximum absolute atomic E-state index is 5.54. The van der Waals surface area contributed by atoms with Crippen LogP contribution in [0.25, 0.3) is 0 Å². The van der Waals surface area contributed by atoms with Crippen molar-refractivity contribution in [3.05, 3.63) is 23.8 Å². The first kappa shape index (κ1) is 21.2. The minimum Gasteiger partial charge on any atom is -0.497 e. The summed E-state index contributed by atoms with van der Waals surface area (Å²) in [6.07, 6.45) is 0. The second-order valence-electron chi connectivity index (χ2n) is 8.36. The van der Waals surface area contributed by atoms with Gasteiger partial charge in [-0.05, 0) is 18.2 Å². The van der Waals surface area contributed by atoms with Crippen LogP contribution in [0.15, 0.2) is 23.2 Å². The number of guanidine groups is 1. The van der Waals surface area contributed by atoms with Gasteiger partial charge in [-0.1, -0.05) is 0 Å². The van der Waals surface area contributed by atoms with Gasteiger partial charge in [-0.3, -0.25) is 19.7 Å². The zero-order valence-electron chi connectivity index (χ0n) is 18.6. The van der Waals surface area contributed by atoms with E-state index in [1.54, 1.807) is 14.2 Å². The maximum Gasteiger partial charge on any atom is 0.193 e. The molecule has 0 saturated carbocycles. The van der Waals surface area contributed by atoms with E-state index in [1.165, 1.54) is 38.3 Å². The topological polar surface area (TPSA) is 55.8 Å². The molecule has 1 aromatic rings. The predicted octanol–water partition coefficient (Wildman–Crippen LogP) is 0.397. The van der Waals surface area contributed by atoms with Crippen molar-refractivity contribution >= 4 is 5.96 Å². The number of hydrogen-bond donors (Lipinski definition) is 1. The van der Waals surface area contributed by atoms with Crippen LogP contribution in [0.2, 0.25) is 0 Å². The Kier molecular flexibility index (Phi) is 6.97. The van der Waals surface area contributed by atoms with Gasteiger partial charge in [0, 0.05) is 90.6 Å². The molecule has 0 aliphatic carbocycles. The monoisotopic (exact) mass is 416 g/mol. The molecule has 4 saturated heterocycles. The third kappa shape index (κ3) is 4.82. The van der Waals surface area contributed by atoms with Crippen LogP contribution < -0.4 is 14.8 Å². The molecule has 166 valence electrons. The van der Waals surface area contributed by atoms with Gasteiger partial charge in [0.1, 0.15) is 11.5 Å². The predicted molar refractivity (Wildman–Crippen MR) is 120 cm³/mol. The van der Waals surface area contributed by atoms with E-state index in [0.717, 1.165) is 56.7 Å². The number of methoxy groups -OCH3 is 2. The van der Waals surface area contributed by atoms with E-state index in [9.17, 15) is 0 Å². The summed E-state index contributed by atoms with van der Waals surface area (Å²) >= 11 is 0. The molecule has 4 aliphatic heterocycles. The van der Waals surface area contributed by atoms with Gasteiger partial charge in [-0.15, -0.1) is 0 Å². The summed E-state index contributed by atoms with van der Waals surface area (Å²) in [7, 11) is 5.33. The molecule has 8 heteroatoms. The van der Waals surface area contributed by atoms with E-state index < -0.39 is 0 Å². The molecule has 1 aromatic carbocycles. The lowest BCUT2D eigenvalue weighted by molar-refractivity contribution is 0.0151. The highest BCUT2D eigenvalue weighted by molar-refractivity contribution is 5.80. The summed E-state index contributed by atoms with van der Waals surface area (Å²) < 4.78 is 10.9. The van der Waals surface area contributed by atoms with Crippen molar-refractivity contribution in [3.8, 4) is 11.5 Å². The third-order valence-electron chi connectivity index (χ3n) is 6.65. The van der Waals surface area contributed by atoms with Gasteiger partial charge in [0.05, 0.1) is 14.2 Å². The highest BCUT2D eigenvalue weighted by atomic mass is 16.5. The minimum absolute atomic E-state index is 0.603. The Hall–Kier alpha value is -2.03. The molecule has 1 unspecified atom stereocenters. The average molecular weight is 417 g/mol. The van der Waals surface area contributed by atoms with Crippen LogP contribution in [0.4, 0.5) is 0 Å². The summed E-state index contributed by atoms with van der Waals surface area (Å²) in [5.41, 5.74) is 1.17. The van der Waals surface area contributed by atoms with Gasteiger partial charge in [0.25, 0.3) is 0 Å². The standard InChI is InChI=1S/C22H36N6O2/c1-23-22(24-15-19-17-26-6-10-27(19)11-7-26)28-12-8-25(9-13-28)16-18-14-20(29-2)4-5-21(18)30-3/h4-5,14,19H,6-13,15-17H2,1-3H3,(H,23,24). The number of fused-ring (bicyclic) bond motifs is 3. The molecule has 8 nitrogen and oxygen atoms in total. The van der Waals surface area contributed by atoms with Crippen molar-refractivity contribution < 1.29 is 9.47 Å². The number of nitrogens with zero attached hydrogens (tertiary/aromatic N) is 5. The molecule has 0 amide bonds. The van der Waals surface area contributed by atoms with E-state index in [1.807, 2.05) is 19.2 Å². The summed E-state index contributed by atoms with van der Waals surface area (Å²) in [6, 6.07) is 6.61. The third-order valence-corrected chi connectivity index (χ3v) is 6.65. The number of piperazine rings is 4. The van der Waals surface area contributed by atoms with Crippen LogP contribution in [-0.2, 0) is 6.54 Å². The first-order valence-corrected chi connectivity index (χ1v) is 11.1. The second kappa shape index (κ2) is 9.85. The Balaban J connectivity index is 1.27. The van der Waals surface area contributed by atoms with Crippen molar-refractivity contribution in [1.29, 1.82) is 0 Å². The first-order chi connectivity index (χ1) is 14.7. The van der Waals surface area contributed by atoms with Crippen LogP contribution in [0.5, 0.6) is 11.5 Å². The Morgan fingerprint density at radius 2 is 1.80 bits per heavy atom. The summed E-state index contributed by atoms with van der Waals surface area (Å²) in [5.74, 6) is 2.83. The quantitative estimate of drug-likeness (QED) is 0.532. The van der Waals surface area contributed by atoms with Crippen LogP contribution in [0, 0.1) is 0 Å². The molecular formula is C22H36N6O2. The van der Waals surface area contributed by atoms with Crippen LogP contribution in [0.3, 0.4) is 0 Å². The van der Waals surface area contributed by atoms with E-state index in [0.29, 0.717) is 6.04 Å². The zero-order valence-corrected chi connectivity index (χ0v) is 18.6. The molecule has 2 bridgehead atoms. The molecule has 4 aliphatic rings. The van der Waals surface area contributed by atoms with E-state index >= 15 is 0 Å². The molecule has 4 heterocycles. The van der Waals surface area contributed by atoms with E-state index in [2.05, 4.69) is 36.0 Å². The summed E-state index contributed by atoms with van der Waals surface area (Å²) in [6.45, 7) is 11.9.